The number of nitro benzene ring substituents is 1. The zero-order valence-corrected chi connectivity index (χ0v) is 18.1. The Morgan fingerprint density at radius 1 is 1.19 bits per heavy atom. The molecule has 1 aliphatic rings. The summed E-state index contributed by atoms with van der Waals surface area (Å²) in [6.45, 7) is 0.885. The number of non-ortho nitro benzene ring substituents is 1. The van der Waals surface area contributed by atoms with Crippen molar-refractivity contribution in [2.75, 3.05) is 26.1 Å². The van der Waals surface area contributed by atoms with E-state index < -0.39 is 34.9 Å². The molecule has 3 rings (SSSR count). The third-order valence-electron chi connectivity index (χ3n) is 4.97. The molecule has 4 amide bonds. The number of imide groups is 1. The number of anilines is 1. The number of hydrogen-bond acceptors (Lipinski definition) is 7. The van der Waals surface area contributed by atoms with Crippen LogP contribution in [0.3, 0.4) is 0 Å². The molecule has 2 aromatic rings. The molecule has 1 aliphatic heterocycles. The maximum Gasteiger partial charge on any atom is 0.325 e. The fraction of sp³-hybridized carbons (Fsp3) is 0.250. The van der Waals surface area contributed by atoms with Crippen LogP contribution < -0.4 is 20.1 Å². The van der Waals surface area contributed by atoms with E-state index in [2.05, 4.69) is 10.6 Å². The van der Waals surface area contributed by atoms with Gasteiger partial charge in [-0.3, -0.25) is 24.6 Å². The van der Waals surface area contributed by atoms with Gasteiger partial charge in [0.05, 0.1) is 29.9 Å². The van der Waals surface area contributed by atoms with Gasteiger partial charge in [-0.05, 0) is 30.7 Å². The monoisotopic (exact) mass is 462 g/mol. The van der Waals surface area contributed by atoms with Crippen molar-refractivity contribution in [3.63, 3.8) is 0 Å². The molecule has 1 unspecified atom stereocenters. The molecular weight excluding hydrogens is 444 g/mol. The Balaban J connectivity index is 1.80. The Labute approximate surface area is 187 Å². The molecule has 11 nitrogen and oxygen atoms in total. The minimum Gasteiger partial charge on any atom is -0.493 e. The Kier molecular flexibility index (Phi) is 6.21. The number of nitro groups is 1. The minimum atomic E-state index is -1.44. The van der Waals surface area contributed by atoms with Crippen molar-refractivity contribution in [2.24, 2.45) is 0 Å². The summed E-state index contributed by atoms with van der Waals surface area (Å²) in [6.07, 6.45) is 0. The third-order valence-corrected chi connectivity index (χ3v) is 5.30. The van der Waals surface area contributed by atoms with E-state index in [4.69, 9.17) is 21.1 Å². The van der Waals surface area contributed by atoms with Crippen molar-refractivity contribution >= 4 is 40.8 Å². The van der Waals surface area contributed by atoms with Crippen LogP contribution in [0.2, 0.25) is 5.02 Å². The topological polar surface area (TPSA) is 140 Å². The van der Waals surface area contributed by atoms with Gasteiger partial charge in [0.25, 0.3) is 11.6 Å². The highest BCUT2D eigenvalue weighted by molar-refractivity contribution is 6.33. The number of hydrogen-bond donors (Lipinski definition) is 2. The van der Waals surface area contributed by atoms with Gasteiger partial charge < -0.3 is 20.1 Å². The lowest BCUT2D eigenvalue weighted by atomic mass is 9.91. The molecule has 0 aromatic heterocycles. The van der Waals surface area contributed by atoms with Crippen LogP contribution >= 0.6 is 11.6 Å². The van der Waals surface area contributed by atoms with Gasteiger partial charge in [0.2, 0.25) is 5.91 Å². The zero-order valence-electron chi connectivity index (χ0n) is 17.3. The highest BCUT2D eigenvalue weighted by Gasteiger charge is 2.49. The zero-order chi connectivity index (χ0) is 23.6. The molecule has 0 radical (unpaired) electrons. The van der Waals surface area contributed by atoms with Gasteiger partial charge in [0.1, 0.15) is 12.1 Å². The van der Waals surface area contributed by atoms with Crippen LogP contribution in [0.5, 0.6) is 11.5 Å². The number of benzene rings is 2. The molecule has 32 heavy (non-hydrogen) atoms. The number of methoxy groups -OCH3 is 2. The lowest BCUT2D eigenvalue weighted by molar-refractivity contribution is -0.384. The number of carbonyl (C=O) groups excluding carboxylic acids is 3. The number of urea groups is 1. The summed E-state index contributed by atoms with van der Waals surface area (Å²) < 4.78 is 10.4. The van der Waals surface area contributed by atoms with Crippen LogP contribution in [0.4, 0.5) is 16.2 Å². The van der Waals surface area contributed by atoms with E-state index >= 15 is 0 Å². The largest absolute Gasteiger partial charge is 0.493 e. The van der Waals surface area contributed by atoms with E-state index in [-0.39, 0.29) is 16.4 Å². The Morgan fingerprint density at radius 3 is 2.50 bits per heavy atom. The van der Waals surface area contributed by atoms with E-state index in [0.717, 1.165) is 11.0 Å². The molecule has 0 bridgehead atoms. The van der Waals surface area contributed by atoms with Crippen LogP contribution in [-0.4, -0.2) is 48.4 Å². The summed E-state index contributed by atoms with van der Waals surface area (Å²) in [7, 11) is 2.91. The van der Waals surface area contributed by atoms with Crippen molar-refractivity contribution in [1.82, 2.24) is 10.2 Å². The second-order valence-electron chi connectivity index (χ2n) is 6.99. The first kappa shape index (κ1) is 22.8. The van der Waals surface area contributed by atoms with Crippen molar-refractivity contribution in [1.29, 1.82) is 0 Å². The predicted molar refractivity (Wildman–Crippen MR) is 114 cm³/mol. The quantitative estimate of drug-likeness (QED) is 0.366. The second-order valence-corrected chi connectivity index (χ2v) is 7.39. The number of ether oxygens (including phenoxy) is 2. The molecule has 1 saturated heterocycles. The van der Waals surface area contributed by atoms with Crippen LogP contribution in [0.15, 0.2) is 36.4 Å². The Hall–Kier alpha value is -3.86. The summed E-state index contributed by atoms with van der Waals surface area (Å²) >= 11 is 5.98. The van der Waals surface area contributed by atoms with Gasteiger partial charge in [0, 0.05) is 12.1 Å². The van der Waals surface area contributed by atoms with E-state index in [0.29, 0.717) is 17.1 Å². The molecule has 2 aromatic carbocycles. The van der Waals surface area contributed by atoms with Crippen LogP contribution in [-0.2, 0) is 15.1 Å². The molecule has 1 heterocycles. The molecule has 0 aliphatic carbocycles. The van der Waals surface area contributed by atoms with Crippen molar-refractivity contribution in [3.05, 3.63) is 57.1 Å². The SMILES string of the molecule is COc1ccc(C2(C)NC(=O)N(CC(=O)Nc3cc([N+](=O)[O-])ccc3Cl)C2=O)cc1OC. The molecular formula is C20H19ClN4O7. The lowest BCUT2D eigenvalue weighted by Gasteiger charge is -2.23. The van der Waals surface area contributed by atoms with Gasteiger partial charge in [-0.15, -0.1) is 0 Å². The van der Waals surface area contributed by atoms with E-state index in [1.807, 2.05) is 0 Å². The molecule has 12 heteroatoms. The molecule has 0 saturated carbocycles. The summed E-state index contributed by atoms with van der Waals surface area (Å²) in [4.78, 5) is 49.1. The minimum absolute atomic E-state index is 0.0134. The molecule has 1 fully saturated rings. The number of halogens is 1. The first-order valence-electron chi connectivity index (χ1n) is 9.21. The Morgan fingerprint density at radius 2 is 1.88 bits per heavy atom. The highest BCUT2D eigenvalue weighted by Crippen LogP contribution is 2.35. The summed E-state index contributed by atoms with van der Waals surface area (Å²) in [6, 6.07) is 7.52. The van der Waals surface area contributed by atoms with Crippen LogP contribution in [0.25, 0.3) is 0 Å². The van der Waals surface area contributed by atoms with E-state index in [1.165, 1.54) is 33.3 Å². The van der Waals surface area contributed by atoms with Crippen molar-refractivity contribution < 1.29 is 28.8 Å². The normalized spacial score (nSPS) is 17.7. The van der Waals surface area contributed by atoms with Crippen LogP contribution in [0, 0.1) is 10.1 Å². The van der Waals surface area contributed by atoms with Gasteiger partial charge in [-0.2, -0.15) is 0 Å². The number of amides is 4. The average molecular weight is 463 g/mol. The molecule has 2 N–H and O–H groups in total. The maximum atomic E-state index is 13.1. The third kappa shape index (κ3) is 4.14. The van der Waals surface area contributed by atoms with Crippen molar-refractivity contribution in [2.45, 2.75) is 12.5 Å². The smallest absolute Gasteiger partial charge is 0.325 e. The summed E-state index contributed by atoms with van der Waals surface area (Å²) in [5.74, 6) is -0.603. The summed E-state index contributed by atoms with van der Waals surface area (Å²) in [5.41, 5.74) is -1.31. The molecule has 1 atom stereocenters. The maximum absolute atomic E-state index is 13.1. The summed E-state index contributed by atoms with van der Waals surface area (Å²) in [5, 5.41) is 16.0. The van der Waals surface area contributed by atoms with Gasteiger partial charge in [0.15, 0.2) is 11.5 Å². The van der Waals surface area contributed by atoms with Gasteiger partial charge >= 0.3 is 6.03 Å². The molecule has 0 spiro atoms. The first-order valence-corrected chi connectivity index (χ1v) is 9.59. The first-order chi connectivity index (χ1) is 15.1. The number of carbonyl (C=O) groups is 3. The van der Waals surface area contributed by atoms with E-state index in [1.54, 1.807) is 18.2 Å². The lowest BCUT2D eigenvalue weighted by Crippen LogP contribution is -2.42. The predicted octanol–water partition coefficient (Wildman–Crippen LogP) is 2.67. The number of rotatable bonds is 7. The fourth-order valence-corrected chi connectivity index (χ4v) is 3.40. The molecule has 168 valence electrons. The number of nitrogens with zero attached hydrogens (tertiary/aromatic N) is 2. The Bertz CT molecular complexity index is 1120. The fourth-order valence-electron chi connectivity index (χ4n) is 3.24. The van der Waals surface area contributed by atoms with E-state index in [9.17, 15) is 24.5 Å². The highest BCUT2D eigenvalue weighted by atomic mass is 35.5. The van der Waals surface area contributed by atoms with Gasteiger partial charge in [-0.25, -0.2) is 4.79 Å². The van der Waals surface area contributed by atoms with Crippen LogP contribution in [0.1, 0.15) is 12.5 Å². The average Bonchev–Trinajstić information content (AvgIpc) is 2.98. The van der Waals surface area contributed by atoms with Crippen molar-refractivity contribution in [3.8, 4) is 11.5 Å². The van der Waals surface area contributed by atoms with Gasteiger partial charge in [-0.1, -0.05) is 17.7 Å². The number of nitrogens with one attached hydrogen (secondary N) is 2. The standard InChI is InChI=1S/C20H19ClN4O7/c1-20(11-4-7-15(31-2)16(8-11)32-3)18(27)24(19(28)23-20)10-17(26)22-14-9-12(25(29)30)5-6-13(14)21/h4-9H,10H2,1-3H3,(H,22,26)(H,23,28). The second kappa shape index (κ2) is 8.71.